The van der Waals surface area contributed by atoms with Crippen LogP contribution in [-0.2, 0) is 6.61 Å². The Balaban J connectivity index is 1.51. The van der Waals surface area contributed by atoms with Gasteiger partial charge in [-0.1, -0.05) is 55.3 Å². The van der Waals surface area contributed by atoms with Crippen molar-refractivity contribution in [2.24, 2.45) is 5.92 Å². The van der Waals surface area contributed by atoms with Gasteiger partial charge in [0.05, 0.1) is 6.10 Å². The summed E-state index contributed by atoms with van der Waals surface area (Å²) in [5.74, 6) is 1.71. The highest BCUT2D eigenvalue weighted by molar-refractivity contribution is 5.29. The van der Waals surface area contributed by atoms with Gasteiger partial charge in [0, 0.05) is 0 Å². The fourth-order valence-electron chi connectivity index (χ4n) is 2.49. The molecule has 1 aliphatic rings. The van der Waals surface area contributed by atoms with Crippen LogP contribution in [0.25, 0.3) is 0 Å². The van der Waals surface area contributed by atoms with E-state index in [4.69, 9.17) is 4.74 Å². The molecule has 1 aliphatic carbocycles. The second kappa shape index (κ2) is 6.77. The molecule has 2 aromatic rings. The summed E-state index contributed by atoms with van der Waals surface area (Å²) >= 11 is 0. The lowest BCUT2D eigenvalue weighted by molar-refractivity contribution is 0.162. The third-order valence-electron chi connectivity index (χ3n) is 4.06. The smallest absolute Gasteiger partial charge is 0.119 e. The van der Waals surface area contributed by atoms with E-state index >= 15 is 0 Å². The van der Waals surface area contributed by atoms with Gasteiger partial charge < -0.3 is 9.84 Å². The highest BCUT2D eigenvalue weighted by Gasteiger charge is 2.22. The Bertz CT molecular complexity index is 544. The van der Waals surface area contributed by atoms with Crippen molar-refractivity contribution >= 4 is 0 Å². The van der Waals surface area contributed by atoms with Gasteiger partial charge in [0.2, 0.25) is 0 Å². The molecule has 0 saturated heterocycles. The molecule has 2 heteroatoms. The summed E-state index contributed by atoms with van der Waals surface area (Å²) in [4.78, 5) is 0. The van der Waals surface area contributed by atoms with Crippen molar-refractivity contribution in [1.29, 1.82) is 0 Å². The zero-order chi connectivity index (χ0) is 14.5. The Morgan fingerprint density at radius 1 is 1.00 bits per heavy atom. The first kappa shape index (κ1) is 14.2. The number of ether oxygens (including phenoxy) is 1. The molecule has 2 aromatic carbocycles. The maximum Gasteiger partial charge on any atom is 0.119 e. The summed E-state index contributed by atoms with van der Waals surface area (Å²) in [5, 5.41) is 10.2. The molecule has 0 heterocycles. The van der Waals surface area contributed by atoms with E-state index in [1.807, 2.05) is 42.5 Å². The molecular weight excluding hydrogens is 260 g/mol. The summed E-state index contributed by atoms with van der Waals surface area (Å²) < 4.78 is 5.75. The molecule has 1 atom stereocenters. The van der Waals surface area contributed by atoms with Gasteiger partial charge in [-0.25, -0.2) is 0 Å². The van der Waals surface area contributed by atoms with Crippen LogP contribution in [0.4, 0.5) is 0 Å². The van der Waals surface area contributed by atoms with Gasteiger partial charge in [-0.3, -0.25) is 0 Å². The van der Waals surface area contributed by atoms with Crippen molar-refractivity contribution in [2.45, 2.75) is 38.4 Å². The van der Waals surface area contributed by atoms with Gasteiger partial charge in [-0.2, -0.15) is 0 Å². The molecule has 1 fully saturated rings. The first-order valence-electron chi connectivity index (χ1n) is 7.76. The minimum absolute atomic E-state index is 0.339. The summed E-state index contributed by atoms with van der Waals surface area (Å²) in [6.07, 6.45) is 4.37. The second-order valence-electron chi connectivity index (χ2n) is 5.88. The fourth-order valence-corrected chi connectivity index (χ4v) is 2.49. The monoisotopic (exact) mass is 282 g/mol. The van der Waals surface area contributed by atoms with Crippen LogP contribution >= 0.6 is 0 Å². The highest BCUT2D eigenvalue weighted by Crippen LogP contribution is 2.36. The first-order valence-corrected chi connectivity index (χ1v) is 7.76. The van der Waals surface area contributed by atoms with Crippen LogP contribution < -0.4 is 4.74 Å². The quantitative estimate of drug-likeness (QED) is 0.810. The predicted molar refractivity (Wildman–Crippen MR) is 84.1 cm³/mol. The zero-order valence-electron chi connectivity index (χ0n) is 12.2. The van der Waals surface area contributed by atoms with Crippen LogP contribution in [0.1, 0.15) is 42.9 Å². The largest absolute Gasteiger partial charge is 0.489 e. The van der Waals surface area contributed by atoms with E-state index in [1.54, 1.807) is 0 Å². The average molecular weight is 282 g/mol. The van der Waals surface area contributed by atoms with Crippen molar-refractivity contribution in [1.82, 2.24) is 0 Å². The minimum Gasteiger partial charge on any atom is -0.489 e. The molecule has 0 aromatic heterocycles. The van der Waals surface area contributed by atoms with Crippen LogP contribution in [0.3, 0.4) is 0 Å². The van der Waals surface area contributed by atoms with Gasteiger partial charge in [0.15, 0.2) is 0 Å². The Kier molecular flexibility index (Phi) is 4.56. The van der Waals surface area contributed by atoms with Crippen LogP contribution in [-0.4, -0.2) is 5.11 Å². The summed E-state index contributed by atoms with van der Waals surface area (Å²) in [6.45, 7) is 0.574. The Morgan fingerprint density at radius 2 is 1.71 bits per heavy atom. The molecule has 1 saturated carbocycles. The molecule has 1 unspecified atom stereocenters. The van der Waals surface area contributed by atoms with E-state index in [1.165, 1.54) is 12.8 Å². The number of rotatable bonds is 7. The van der Waals surface area contributed by atoms with Crippen molar-refractivity contribution in [3.8, 4) is 5.75 Å². The minimum atomic E-state index is -0.339. The SMILES string of the molecule is OC(CCC1CC1)c1ccc(OCc2ccccc2)cc1. The molecular formula is C19H22O2. The van der Waals surface area contributed by atoms with E-state index in [9.17, 15) is 5.11 Å². The number of hydrogen-bond donors (Lipinski definition) is 1. The Morgan fingerprint density at radius 3 is 2.38 bits per heavy atom. The standard InChI is InChI=1S/C19H22O2/c20-19(13-8-15-6-7-15)17-9-11-18(12-10-17)21-14-16-4-2-1-3-5-16/h1-5,9-12,15,19-20H,6-8,13-14H2. The first-order chi connectivity index (χ1) is 10.3. The van der Waals surface area contributed by atoms with E-state index in [-0.39, 0.29) is 6.10 Å². The molecule has 3 rings (SSSR count). The summed E-state index contributed by atoms with van der Waals surface area (Å²) in [7, 11) is 0. The van der Waals surface area contributed by atoms with Gasteiger partial charge in [0.1, 0.15) is 12.4 Å². The molecule has 0 radical (unpaired) electrons. The number of benzene rings is 2. The van der Waals surface area contributed by atoms with Gasteiger partial charge in [-0.05, 0) is 42.0 Å². The fraction of sp³-hybridized carbons (Fsp3) is 0.368. The van der Waals surface area contributed by atoms with Crippen molar-refractivity contribution in [2.75, 3.05) is 0 Å². The molecule has 0 spiro atoms. The van der Waals surface area contributed by atoms with Crippen molar-refractivity contribution in [3.05, 3.63) is 65.7 Å². The number of aliphatic hydroxyl groups excluding tert-OH is 1. The van der Waals surface area contributed by atoms with Crippen LogP contribution in [0, 0.1) is 5.92 Å². The Hall–Kier alpha value is -1.80. The third-order valence-corrected chi connectivity index (χ3v) is 4.06. The molecule has 21 heavy (non-hydrogen) atoms. The van der Waals surface area contributed by atoms with Gasteiger partial charge >= 0.3 is 0 Å². The topological polar surface area (TPSA) is 29.5 Å². The van der Waals surface area contributed by atoms with Crippen LogP contribution in [0.15, 0.2) is 54.6 Å². The summed E-state index contributed by atoms with van der Waals surface area (Å²) in [5.41, 5.74) is 2.15. The molecule has 0 amide bonds. The number of hydrogen-bond acceptors (Lipinski definition) is 2. The normalized spacial score (nSPS) is 15.7. The highest BCUT2D eigenvalue weighted by atomic mass is 16.5. The zero-order valence-corrected chi connectivity index (χ0v) is 12.2. The maximum absolute atomic E-state index is 10.2. The second-order valence-corrected chi connectivity index (χ2v) is 5.88. The molecule has 0 aliphatic heterocycles. The van der Waals surface area contributed by atoms with E-state index in [0.29, 0.717) is 6.61 Å². The lowest BCUT2D eigenvalue weighted by atomic mass is 10.0. The average Bonchev–Trinajstić information content (AvgIpc) is 3.36. The van der Waals surface area contributed by atoms with E-state index in [2.05, 4.69) is 12.1 Å². The number of aliphatic hydroxyl groups is 1. The molecule has 2 nitrogen and oxygen atoms in total. The van der Waals surface area contributed by atoms with E-state index < -0.39 is 0 Å². The third kappa shape index (κ3) is 4.33. The summed E-state index contributed by atoms with van der Waals surface area (Å²) in [6, 6.07) is 18.0. The molecule has 110 valence electrons. The lowest BCUT2D eigenvalue weighted by Crippen LogP contribution is -1.99. The lowest BCUT2D eigenvalue weighted by Gasteiger charge is -2.12. The van der Waals surface area contributed by atoms with Crippen LogP contribution in [0.5, 0.6) is 5.75 Å². The van der Waals surface area contributed by atoms with Gasteiger partial charge in [-0.15, -0.1) is 0 Å². The van der Waals surface area contributed by atoms with Crippen molar-refractivity contribution < 1.29 is 9.84 Å². The maximum atomic E-state index is 10.2. The van der Waals surface area contributed by atoms with Crippen LogP contribution in [0.2, 0.25) is 0 Å². The van der Waals surface area contributed by atoms with Gasteiger partial charge in [0.25, 0.3) is 0 Å². The Labute approximate surface area is 126 Å². The van der Waals surface area contributed by atoms with Crippen molar-refractivity contribution in [3.63, 3.8) is 0 Å². The predicted octanol–water partition coefficient (Wildman–Crippen LogP) is 4.49. The molecule has 1 N–H and O–H groups in total. The van der Waals surface area contributed by atoms with E-state index in [0.717, 1.165) is 35.6 Å². The molecule has 0 bridgehead atoms.